The zero-order valence-electron chi connectivity index (χ0n) is 13.7. The molecular formula is C16H19ClF3N3O2. The Morgan fingerprint density at radius 3 is 2.32 bits per heavy atom. The maximum Gasteiger partial charge on any atom is 0.416 e. The third kappa shape index (κ3) is 5.26. The Morgan fingerprint density at radius 2 is 1.76 bits per heavy atom. The van der Waals surface area contributed by atoms with Crippen LogP contribution in [-0.4, -0.2) is 54.3 Å². The van der Waals surface area contributed by atoms with E-state index in [4.69, 9.17) is 11.6 Å². The van der Waals surface area contributed by atoms with Crippen molar-refractivity contribution in [1.82, 2.24) is 9.80 Å². The molecule has 9 heteroatoms. The Labute approximate surface area is 148 Å². The molecule has 1 saturated heterocycles. The minimum atomic E-state index is -4.45. The summed E-state index contributed by atoms with van der Waals surface area (Å²) in [6.45, 7) is 3.57. The van der Waals surface area contributed by atoms with E-state index >= 15 is 0 Å². The summed E-state index contributed by atoms with van der Waals surface area (Å²) in [7, 11) is 0. The molecule has 1 aliphatic heterocycles. The van der Waals surface area contributed by atoms with Gasteiger partial charge in [-0.3, -0.25) is 9.59 Å². The van der Waals surface area contributed by atoms with Crippen LogP contribution in [0, 0.1) is 0 Å². The quantitative estimate of drug-likeness (QED) is 0.877. The van der Waals surface area contributed by atoms with Gasteiger partial charge in [0.1, 0.15) is 0 Å². The maximum absolute atomic E-state index is 12.7. The van der Waals surface area contributed by atoms with E-state index in [0.717, 1.165) is 12.1 Å². The average molecular weight is 378 g/mol. The first-order chi connectivity index (χ1) is 11.7. The van der Waals surface area contributed by atoms with Crippen LogP contribution in [-0.2, 0) is 15.8 Å². The third-order valence-electron chi connectivity index (χ3n) is 4.03. The van der Waals surface area contributed by atoms with E-state index in [-0.39, 0.29) is 35.5 Å². The molecular weight excluding hydrogens is 359 g/mol. The number of benzene rings is 1. The van der Waals surface area contributed by atoms with E-state index in [0.29, 0.717) is 26.2 Å². The number of carbonyl (C=O) groups excluding carboxylic acids is 2. The number of nitrogens with one attached hydrogen (secondary N) is 1. The Bertz CT molecular complexity index is 644. The molecule has 138 valence electrons. The smallest absolute Gasteiger partial charge is 0.383 e. The Balaban J connectivity index is 1.85. The Morgan fingerprint density at radius 1 is 1.16 bits per heavy atom. The molecule has 0 spiro atoms. The van der Waals surface area contributed by atoms with E-state index in [1.807, 2.05) is 0 Å². The Kier molecular flexibility index (Phi) is 6.16. The summed E-state index contributed by atoms with van der Waals surface area (Å²) in [5.74, 6) is -0.133. The second kappa shape index (κ2) is 7.95. The molecule has 2 rings (SSSR count). The van der Waals surface area contributed by atoms with Crippen LogP contribution in [0.1, 0.15) is 18.9 Å². The lowest BCUT2D eigenvalue weighted by Gasteiger charge is -2.34. The highest BCUT2D eigenvalue weighted by Gasteiger charge is 2.31. The minimum Gasteiger partial charge on any atom is -0.383 e. The van der Waals surface area contributed by atoms with Gasteiger partial charge in [0.2, 0.25) is 11.8 Å². The molecule has 1 aromatic carbocycles. The lowest BCUT2D eigenvalue weighted by molar-refractivity contribution is -0.138. The molecule has 1 aliphatic rings. The van der Waals surface area contributed by atoms with Crippen molar-refractivity contribution in [3.8, 4) is 0 Å². The van der Waals surface area contributed by atoms with Crippen molar-refractivity contribution in [2.24, 2.45) is 0 Å². The van der Waals surface area contributed by atoms with Crippen LogP contribution in [0.3, 0.4) is 0 Å². The number of nitrogens with zero attached hydrogens (tertiary/aromatic N) is 2. The number of hydrogen-bond donors (Lipinski definition) is 1. The van der Waals surface area contributed by atoms with Gasteiger partial charge in [0.05, 0.1) is 16.3 Å². The summed E-state index contributed by atoms with van der Waals surface area (Å²) in [5.41, 5.74) is -0.656. The summed E-state index contributed by atoms with van der Waals surface area (Å²) in [4.78, 5) is 26.7. The van der Waals surface area contributed by atoms with Gasteiger partial charge in [-0.05, 0) is 18.2 Å². The van der Waals surface area contributed by atoms with Gasteiger partial charge in [-0.1, -0.05) is 11.6 Å². The molecule has 0 bridgehead atoms. The van der Waals surface area contributed by atoms with Crippen molar-refractivity contribution in [1.29, 1.82) is 0 Å². The molecule has 0 aromatic heterocycles. The maximum atomic E-state index is 12.7. The van der Waals surface area contributed by atoms with E-state index in [9.17, 15) is 22.8 Å². The van der Waals surface area contributed by atoms with Crippen LogP contribution in [0.25, 0.3) is 0 Å². The predicted octanol–water partition coefficient (Wildman–Crippen LogP) is 2.85. The molecule has 1 fully saturated rings. The summed E-state index contributed by atoms with van der Waals surface area (Å²) < 4.78 is 38.2. The fraction of sp³-hybridized carbons (Fsp3) is 0.500. The lowest BCUT2D eigenvalue weighted by Crippen LogP contribution is -2.50. The molecule has 0 aliphatic carbocycles. The largest absolute Gasteiger partial charge is 0.416 e. The summed E-state index contributed by atoms with van der Waals surface area (Å²) in [5, 5.41) is 2.94. The number of anilines is 1. The number of halogens is 4. The number of piperazine rings is 1. The number of rotatable bonds is 4. The second-order valence-corrected chi connectivity index (χ2v) is 6.16. The van der Waals surface area contributed by atoms with Crippen LogP contribution in [0.15, 0.2) is 18.2 Å². The molecule has 1 N–H and O–H groups in total. The first kappa shape index (κ1) is 19.4. The number of amides is 2. The van der Waals surface area contributed by atoms with Crippen LogP contribution >= 0.6 is 11.6 Å². The van der Waals surface area contributed by atoms with Crippen molar-refractivity contribution >= 4 is 29.1 Å². The van der Waals surface area contributed by atoms with Crippen LogP contribution in [0.4, 0.5) is 18.9 Å². The Hall–Kier alpha value is -1.96. The van der Waals surface area contributed by atoms with Crippen LogP contribution in [0.2, 0.25) is 5.02 Å². The van der Waals surface area contributed by atoms with Gasteiger partial charge >= 0.3 is 6.18 Å². The van der Waals surface area contributed by atoms with Gasteiger partial charge in [0, 0.05) is 46.1 Å². The molecule has 5 nitrogen and oxygen atoms in total. The molecule has 25 heavy (non-hydrogen) atoms. The van der Waals surface area contributed by atoms with Gasteiger partial charge < -0.3 is 15.1 Å². The van der Waals surface area contributed by atoms with Gasteiger partial charge in [-0.25, -0.2) is 0 Å². The van der Waals surface area contributed by atoms with E-state index < -0.39 is 11.7 Å². The van der Waals surface area contributed by atoms with Gasteiger partial charge in [-0.2, -0.15) is 13.2 Å². The summed E-state index contributed by atoms with van der Waals surface area (Å²) >= 11 is 5.89. The summed E-state index contributed by atoms with van der Waals surface area (Å²) in [6.07, 6.45) is -4.32. The van der Waals surface area contributed by atoms with Gasteiger partial charge in [0.15, 0.2) is 0 Å². The number of alkyl halides is 3. The molecule has 0 saturated carbocycles. The van der Waals surface area contributed by atoms with Crippen molar-refractivity contribution in [2.45, 2.75) is 19.5 Å². The van der Waals surface area contributed by atoms with Crippen molar-refractivity contribution < 1.29 is 22.8 Å². The monoisotopic (exact) mass is 377 g/mol. The number of carbonyl (C=O) groups is 2. The molecule has 0 atom stereocenters. The molecule has 1 heterocycles. The minimum absolute atomic E-state index is 0.0204. The highest BCUT2D eigenvalue weighted by atomic mass is 35.5. The predicted molar refractivity (Wildman–Crippen MR) is 88.4 cm³/mol. The van der Waals surface area contributed by atoms with E-state index in [2.05, 4.69) is 5.32 Å². The fourth-order valence-electron chi connectivity index (χ4n) is 2.57. The van der Waals surface area contributed by atoms with Gasteiger partial charge in [0.25, 0.3) is 0 Å². The standard InChI is InChI=1S/C16H19ClF3N3O2/c1-11(24)22-6-8-23(9-7-22)15(25)4-5-21-14-10-12(16(18,19)20)2-3-13(14)17/h2-3,10,21H,4-9H2,1H3. The lowest BCUT2D eigenvalue weighted by atomic mass is 10.2. The highest BCUT2D eigenvalue weighted by Crippen LogP contribution is 2.33. The number of hydrogen-bond acceptors (Lipinski definition) is 3. The van der Waals surface area contributed by atoms with Crippen LogP contribution < -0.4 is 5.32 Å². The zero-order valence-corrected chi connectivity index (χ0v) is 14.5. The van der Waals surface area contributed by atoms with Crippen molar-refractivity contribution in [3.63, 3.8) is 0 Å². The normalized spacial score (nSPS) is 15.2. The molecule has 0 unspecified atom stereocenters. The first-order valence-electron chi connectivity index (χ1n) is 7.82. The van der Waals surface area contributed by atoms with Crippen molar-refractivity contribution in [3.05, 3.63) is 28.8 Å². The molecule has 0 radical (unpaired) electrons. The zero-order chi connectivity index (χ0) is 18.6. The topological polar surface area (TPSA) is 52.7 Å². The van der Waals surface area contributed by atoms with Gasteiger partial charge in [-0.15, -0.1) is 0 Å². The summed E-state index contributed by atoms with van der Waals surface area (Å²) in [6, 6.07) is 3.02. The SMILES string of the molecule is CC(=O)N1CCN(C(=O)CCNc2cc(C(F)(F)F)ccc2Cl)CC1. The molecule has 1 aromatic rings. The average Bonchev–Trinajstić information content (AvgIpc) is 2.55. The van der Waals surface area contributed by atoms with Crippen LogP contribution in [0.5, 0.6) is 0 Å². The van der Waals surface area contributed by atoms with Crippen molar-refractivity contribution in [2.75, 3.05) is 38.0 Å². The third-order valence-corrected chi connectivity index (χ3v) is 4.36. The fourth-order valence-corrected chi connectivity index (χ4v) is 2.75. The second-order valence-electron chi connectivity index (χ2n) is 5.76. The van der Waals surface area contributed by atoms with E-state index in [1.54, 1.807) is 9.80 Å². The highest BCUT2D eigenvalue weighted by molar-refractivity contribution is 6.33. The first-order valence-corrected chi connectivity index (χ1v) is 8.20. The molecule has 2 amide bonds. The van der Waals surface area contributed by atoms with E-state index in [1.165, 1.54) is 13.0 Å².